The largest absolute Gasteiger partial charge is 0.287 e. The Morgan fingerprint density at radius 3 is 1.09 bits per heavy atom. The van der Waals surface area contributed by atoms with Gasteiger partial charge in [0.25, 0.3) is 0 Å². The van der Waals surface area contributed by atoms with E-state index in [1.54, 1.807) is 12.4 Å². The van der Waals surface area contributed by atoms with Crippen LogP contribution in [0.3, 0.4) is 0 Å². The van der Waals surface area contributed by atoms with Gasteiger partial charge in [-0.3, -0.25) is 9.78 Å². The molecule has 354 valence electrons. The van der Waals surface area contributed by atoms with Crippen molar-refractivity contribution in [3.8, 4) is 0 Å². The Balaban J connectivity index is 0.000000276. The second-order valence-corrected chi connectivity index (χ2v) is 14.6. The summed E-state index contributed by atoms with van der Waals surface area (Å²) in [6.45, 7) is 0.302. The second kappa shape index (κ2) is 19.4. The smallest absolute Gasteiger partial charge is 0.227 e. The lowest BCUT2D eigenvalue weighted by atomic mass is 9.12. The first-order valence-electron chi connectivity index (χ1n) is 18.3. The first-order valence-corrected chi connectivity index (χ1v) is 18.8. The maximum atomic E-state index is 15.4. The second-order valence-electron chi connectivity index (χ2n) is 14.1. The van der Waals surface area contributed by atoms with Gasteiger partial charge in [0.1, 0.15) is 52.7 Å². The number of Topliss-reactive ketones (excluding diaryl/α,β-unsaturated/α-hetero) is 1. The third-order valence-electron chi connectivity index (χ3n) is 10.4. The van der Waals surface area contributed by atoms with Crippen LogP contribution in [0.2, 0.25) is 0 Å². The Kier molecular flexibility index (Phi) is 14.4. The van der Waals surface area contributed by atoms with Crippen molar-refractivity contribution in [2.24, 2.45) is 0 Å². The van der Waals surface area contributed by atoms with Crippen molar-refractivity contribution in [1.29, 1.82) is 0 Å². The number of hydrogen-bond acceptors (Lipinski definition) is 3. The molecule has 0 bridgehead atoms. The highest BCUT2D eigenvalue weighted by atomic mass is 32.1. The highest BCUT2D eigenvalue weighted by Crippen LogP contribution is 2.31. The fourth-order valence-corrected chi connectivity index (χ4v) is 7.56. The summed E-state index contributed by atoms with van der Waals surface area (Å²) in [7, 11) is 0. The molecule has 0 radical (unpaired) electrons. The normalized spacial score (nSPS) is 11.5. The fourth-order valence-electron chi connectivity index (χ4n) is 7.32. The van der Waals surface area contributed by atoms with Crippen molar-refractivity contribution in [2.75, 3.05) is 0 Å². The molecule has 0 saturated carbocycles. The molecule has 0 spiro atoms. The van der Waals surface area contributed by atoms with E-state index in [0.717, 1.165) is 21.7 Å². The van der Waals surface area contributed by atoms with E-state index in [4.69, 9.17) is 0 Å². The number of rotatable bonds is 9. The number of carbonyl (C=O) groups is 1. The summed E-state index contributed by atoms with van der Waals surface area (Å²) in [5.74, 6) is -71.3. The molecule has 0 atom stereocenters. The van der Waals surface area contributed by atoms with Gasteiger partial charge in [-0.15, -0.1) is 34.5 Å². The van der Waals surface area contributed by atoms with E-state index in [0.29, 0.717) is 13.0 Å². The Morgan fingerprint density at radius 1 is 0.441 bits per heavy atom. The maximum absolute atomic E-state index is 15.4. The van der Waals surface area contributed by atoms with Crippen LogP contribution in [0.4, 0.5) is 87.8 Å². The highest BCUT2D eigenvalue weighted by Gasteiger charge is 2.52. The van der Waals surface area contributed by atoms with Gasteiger partial charge in [-0.25, -0.2) is 87.8 Å². The lowest BCUT2D eigenvalue weighted by molar-refractivity contribution is -0.690. The van der Waals surface area contributed by atoms with Crippen LogP contribution in [0.15, 0.2) is 78.1 Å². The lowest BCUT2D eigenvalue weighted by Crippen LogP contribution is -2.81. The quantitative estimate of drug-likeness (QED) is 0.0298. The Bertz CT molecular complexity index is 2800. The molecule has 1 heterocycles. The molecule has 68 heavy (non-hydrogen) atoms. The highest BCUT2D eigenvalue weighted by molar-refractivity contribution is 7.80. The molecular formula is C43H17BF20N2OS. The van der Waals surface area contributed by atoms with E-state index in [9.17, 15) is 57.5 Å². The molecule has 0 aliphatic heterocycles. The van der Waals surface area contributed by atoms with Gasteiger partial charge >= 0.3 is 0 Å². The molecular weight excluding hydrogens is 983 g/mol. The van der Waals surface area contributed by atoms with Gasteiger partial charge in [0.05, 0.1) is 18.8 Å². The van der Waals surface area contributed by atoms with Gasteiger partial charge in [-0.05, 0) is 11.6 Å². The first-order chi connectivity index (χ1) is 31.9. The van der Waals surface area contributed by atoms with Crippen LogP contribution in [-0.4, -0.2) is 16.9 Å². The zero-order chi connectivity index (χ0) is 50.4. The number of aromatic nitrogens is 2. The third-order valence-corrected chi connectivity index (χ3v) is 10.8. The molecule has 0 aliphatic rings. The van der Waals surface area contributed by atoms with Crippen LogP contribution in [0.1, 0.15) is 21.6 Å². The molecule has 25 heteroatoms. The minimum atomic E-state index is -7.22. The first kappa shape index (κ1) is 50.5. The molecule has 7 rings (SSSR count). The molecule has 6 aromatic carbocycles. The number of carbonyl (C=O) groups excluding carboxylic acids is 1. The molecule has 1 aromatic heterocycles. The minimum absolute atomic E-state index is 0.0854. The number of ketones is 1. The monoisotopic (exact) mass is 1000 g/mol. The summed E-state index contributed by atoms with van der Waals surface area (Å²) in [5, 5.41) is 0. The van der Waals surface area contributed by atoms with Crippen molar-refractivity contribution >= 4 is 46.4 Å². The summed E-state index contributed by atoms with van der Waals surface area (Å²) in [4.78, 5) is 17.6. The van der Waals surface area contributed by atoms with Gasteiger partial charge in [-0.2, -0.15) is 4.57 Å². The van der Waals surface area contributed by atoms with Crippen LogP contribution in [0.25, 0.3) is 0 Å². The summed E-state index contributed by atoms with van der Waals surface area (Å²) < 4.78 is 296. The van der Waals surface area contributed by atoms with Crippen molar-refractivity contribution in [3.63, 3.8) is 0 Å². The van der Waals surface area contributed by atoms with E-state index in [1.165, 1.54) is 0 Å². The summed E-state index contributed by atoms with van der Waals surface area (Å²) in [6.07, 6.45) is -1.18. The van der Waals surface area contributed by atoms with Gasteiger partial charge in [-0.1, -0.05) is 48.5 Å². The zero-order valence-corrected chi connectivity index (χ0v) is 33.6. The van der Waals surface area contributed by atoms with Gasteiger partial charge in [0.2, 0.25) is 18.0 Å². The fraction of sp³-hybridized carbons (Fsp3) is 0.0465. The third kappa shape index (κ3) is 8.29. The minimum Gasteiger partial charge on any atom is -0.287 e. The van der Waals surface area contributed by atoms with Crippen LogP contribution in [-0.2, 0) is 13.0 Å². The van der Waals surface area contributed by atoms with Crippen molar-refractivity contribution in [3.05, 3.63) is 206 Å². The summed E-state index contributed by atoms with van der Waals surface area (Å²) in [5.41, 5.74) is -11.5. The van der Waals surface area contributed by atoms with E-state index in [2.05, 4.69) is 17.6 Å². The van der Waals surface area contributed by atoms with Gasteiger partial charge in [0, 0.05) is 10.5 Å². The Morgan fingerprint density at radius 2 is 0.750 bits per heavy atom. The van der Waals surface area contributed by atoms with Crippen LogP contribution >= 0.6 is 12.6 Å². The van der Waals surface area contributed by atoms with Gasteiger partial charge in [0.15, 0.2) is 76.0 Å². The van der Waals surface area contributed by atoms with Crippen molar-refractivity contribution < 1.29 is 97.2 Å². The van der Waals surface area contributed by atoms with Gasteiger partial charge < -0.3 is 0 Å². The molecule has 3 nitrogen and oxygen atoms in total. The summed E-state index contributed by atoms with van der Waals surface area (Å²) >= 11 is 4.49. The van der Waals surface area contributed by atoms with Crippen molar-refractivity contribution in [2.45, 2.75) is 17.9 Å². The average Bonchev–Trinajstić information content (AvgIpc) is 3.33. The van der Waals surface area contributed by atoms with Crippen LogP contribution < -0.4 is 26.4 Å². The molecule has 0 aliphatic carbocycles. The predicted molar refractivity (Wildman–Crippen MR) is 201 cm³/mol. The van der Waals surface area contributed by atoms with E-state index in [-0.39, 0.29) is 5.78 Å². The maximum Gasteiger partial charge on any atom is 0.227 e. The molecule has 0 N–H and O–H groups in total. The summed E-state index contributed by atoms with van der Waals surface area (Å²) in [6, 6.07) is 17.3. The topological polar surface area (TPSA) is 33.8 Å². The number of benzene rings is 6. The molecule has 0 fully saturated rings. The lowest BCUT2D eigenvalue weighted by Gasteiger charge is -2.44. The predicted octanol–water partition coefficient (Wildman–Crippen LogP) is 8.98. The van der Waals surface area contributed by atoms with Crippen LogP contribution in [0, 0.1) is 116 Å². The average molecular weight is 1000 g/mol. The Labute approximate surface area is 372 Å². The number of halogens is 20. The molecule has 7 aromatic rings. The SMILES string of the molecule is Fc1c(F)c(F)c([B-](c2c(F)c(F)c(F)c(F)c2F)(c2c(F)c(F)c(F)c(F)c2F)c2c(F)c(F)c(F)c(F)c2F)c(F)c1F.O=C(C[n+]1ccncc1Cc1ccccc1S)c1ccccc1. The van der Waals surface area contributed by atoms with E-state index >= 15 is 35.1 Å². The number of hydrogen-bond donors (Lipinski definition) is 1. The standard InChI is InChI=1S/C24BF20.C19H16N2OS/c26-5-1(6(27)14(35)21(42)13(5)34)25(2-7(28)15(36)22(43)16(37)8(2)29,3-9(30)17(38)23(44)18(39)10(3)31)4-11(32)19(40)24(45)20(41)12(4)33;22-18(15-6-2-1-3-7-15)14-21-11-10-20-13-17(21)12-16-8-4-5-9-19(16)23/h;1-11,13H,12,14H2/q-1;/p+1. The zero-order valence-electron chi connectivity index (χ0n) is 32.7. The molecule has 0 amide bonds. The van der Waals surface area contributed by atoms with Crippen LogP contribution in [0.5, 0.6) is 0 Å². The molecule has 0 unspecified atom stereocenters. The number of thiol groups is 1. The Hall–Kier alpha value is -6.92. The van der Waals surface area contributed by atoms with E-state index in [1.807, 2.05) is 65.4 Å². The van der Waals surface area contributed by atoms with Crippen molar-refractivity contribution in [1.82, 2.24) is 4.98 Å². The van der Waals surface area contributed by atoms with E-state index < -0.39 is 144 Å². The molecule has 0 saturated heterocycles. The number of nitrogens with zero attached hydrogens (tertiary/aromatic N) is 2.